The zero-order valence-electron chi connectivity index (χ0n) is 20.2. The summed E-state index contributed by atoms with van der Waals surface area (Å²) in [5.41, 5.74) is 4.77. The Bertz CT molecular complexity index is 1020. The van der Waals surface area contributed by atoms with E-state index in [0.717, 1.165) is 25.7 Å². The minimum absolute atomic E-state index is 0.0342. The van der Waals surface area contributed by atoms with Gasteiger partial charge in [-0.1, -0.05) is 55.5 Å². The molecule has 2 unspecified atom stereocenters. The van der Waals surface area contributed by atoms with Crippen LogP contribution in [0, 0.1) is 11.8 Å². The normalized spacial score (nSPS) is 18.5. The van der Waals surface area contributed by atoms with Crippen LogP contribution in [-0.2, 0) is 14.3 Å². The van der Waals surface area contributed by atoms with E-state index < -0.39 is 12.1 Å². The van der Waals surface area contributed by atoms with Crippen molar-refractivity contribution in [2.24, 2.45) is 11.8 Å². The highest BCUT2D eigenvalue weighted by Gasteiger charge is 2.30. The Kier molecular flexibility index (Phi) is 8.06. The average Bonchev–Trinajstić information content (AvgIpc) is 3.43. The van der Waals surface area contributed by atoms with Gasteiger partial charge in [0.25, 0.3) is 0 Å². The number of carbonyl (C=O) groups is 3. The first-order valence-corrected chi connectivity index (χ1v) is 12.5. The minimum Gasteiger partial charge on any atom is -0.480 e. The van der Waals surface area contributed by atoms with Crippen LogP contribution in [0.15, 0.2) is 48.5 Å². The number of ether oxygens (including phenoxy) is 1. The fourth-order valence-corrected chi connectivity index (χ4v) is 5.53. The zero-order chi connectivity index (χ0) is 24.8. The van der Waals surface area contributed by atoms with Crippen LogP contribution >= 0.6 is 0 Å². The number of fused-ring (bicyclic) bond motifs is 3. The van der Waals surface area contributed by atoms with E-state index >= 15 is 0 Å². The highest BCUT2D eigenvalue weighted by molar-refractivity contribution is 5.81. The van der Waals surface area contributed by atoms with Crippen LogP contribution in [0.3, 0.4) is 0 Å². The van der Waals surface area contributed by atoms with Gasteiger partial charge in [0.05, 0.1) is 0 Å². The summed E-state index contributed by atoms with van der Waals surface area (Å²) < 4.78 is 5.62. The number of amides is 2. The van der Waals surface area contributed by atoms with Crippen LogP contribution in [0.5, 0.6) is 0 Å². The maximum absolute atomic E-state index is 12.6. The topological polar surface area (TPSA) is 95.9 Å². The zero-order valence-corrected chi connectivity index (χ0v) is 20.2. The van der Waals surface area contributed by atoms with E-state index in [2.05, 4.69) is 29.6 Å². The molecule has 2 aliphatic carbocycles. The fourth-order valence-electron chi connectivity index (χ4n) is 5.53. The molecule has 7 heteroatoms. The Labute approximate surface area is 206 Å². The summed E-state index contributed by atoms with van der Waals surface area (Å²) >= 11 is 0. The molecule has 0 heterocycles. The molecule has 35 heavy (non-hydrogen) atoms. The van der Waals surface area contributed by atoms with Gasteiger partial charge in [0, 0.05) is 25.4 Å². The number of nitrogens with zero attached hydrogens (tertiary/aromatic N) is 1. The van der Waals surface area contributed by atoms with Crippen molar-refractivity contribution in [1.29, 1.82) is 0 Å². The van der Waals surface area contributed by atoms with Gasteiger partial charge in [-0.15, -0.1) is 0 Å². The number of alkyl carbamates (subject to hydrolysis) is 1. The van der Waals surface area contributed by atoms with Crippen molar-refractivity contribution in [3.05, 3.63) is 59.7 Å². The number of carbonyl (C=O) groups excluding carboxylic acids is 2. The Morgan fingerprint density at radius 2 is 1.63 bits per heavy atom. The molecule has 2 aromatic rings. The molecular formula is C28H34N2O5. The van der Waals surface area contributed by atoms with E-state index in [4.69, 9.17) is 9.84 Å². The molecule has 1 fully saturated rings. The number of benzene rings is 2. The molecule has 2 amide bonds. The van der Waals surface area contributed by atoms with E-state index in [9.17, 15) is 14.4 Å². The van der Waals surface area contributed by atoms with Gasteiger partial charge >= 0.3 is 12.1 Å². The van der Waals surface area contributed by atoms with Gasteiger partial charge < -0.3 is 20.1 Å². The Morgan fingerprint density at radius 3 is 2.26 bits per heavy atom. The molecule has 0 bridgehead atoms. The minimum atomic E-state index is -0.983. The largest absolute Gasteiger partial charge is 0.480 e. The van der Waals surface area contributed by atoms with Gasteiger partial charge in [-0.2, -0.15) is 0 Å². The van der Waals surface area contributed by atoms with Crippen molar-refractivity contribution in [1.82, 2.24) is 10.2 Å². The summed E-state index contributed by atoms with van der Waals surface area (Å²) in [5.74, 6) is -0.517. The third kappa shape index (κ3) is 6.02. The lowest BCUT2D eigenvalue weighted by molar-refractivity contribution is -0.144. The third-order valence-corrected chi connectivity index (χ3v) is 7.16. The second-order valence-electron chi connectivity index (χ2n) is 9.66. The second-order valence-corrected chi connectivity index (χ2v) is 9.66. The number of aliphatic carboxylic acids is 1. The van der Waals surface area contributed by atoms with E-state index in [1.807, 2.05) is 31.2 Å². The van der Waals surface area contributed by atoms with Crippen LogP contribution in [0.2, 0.25) is 0 Å². The first-order chi connectivity index (χ1) is 17.0. The summed E-state index contributed by atoms with van der Waals surface area (Å²) in [4.78, 5) is 37.5. The molecule has 0 saturated heterocycles. The molecule has 2 atom stereocenters. The standard InChI is InChI=1S/C28H34N2O5/c1-2-13-30(17-27(32)33)26(31)15-19-11-12-20(14-19)16-29-28(34)35-18-25-23-9-5-3-7-21(23)22-8-4-6-10-24(22)25/h3-10,19-20,25H,2,11-18H2,1H3,(H,29,34)(H,32,33). The molecule has 2 aromatic carbocycles. The Hall–Kier alpha value is -3.35. The van der Waals surface area contributed by atoms with Crippen molar-refractivity contribution in [3.63, 3.8) is 0 Å². The second kappa shape index (κ2) is 11.4. The smallest absolute Gasteiger partial charge is 0.407 e. The summed E-state index contributed by atoms with van der Waals surface area (Å²) in [5, 5.41) is 12.0. The number of hydrogen-bond donors (Lipinski definition) is 2. The summed E-state index contributed by atoms with van der Waals surface area (Å²) in [6.07, 6.45) is 3.39. The molecular weight excluding hydrogens is 444 g/mol. The van der Waals surface area contributed by atoms with Crippen molar-refractivity contribution in [2.45, 2.75) is 44.9 Å². The van der Waals surface area contributed by atoms with Crippen LogP contribution in [-0.4, -0.2) is 54.2 Å². The Morgan fingerprint density at radius 1 is 1.00 bits per heavy atom. The molecule has 2 N–H and O–H groups in total. The van der Waals surface area contributed by atoms with Crippen LogP contribution in [0.4, 0.5) is 4.79 Å². The van der Waals surface area contributed by atoms with Crippen molar-refractivity contribution >= 4 is 18.0 Å². The highest BCUT2D eigenvalue weighted by Crippen LogP contribution is 2.44. The number of carboxylic acids is 1. The fraction of sp³-hybridized carbons (Fsp3) is 0.464. The SMILES string of the molecule is CCCN(CC(=O)O)C(=O)CC1CCC(CNC(=O)OCC2c3ccccc3-c3ccccc32)C1. The highest BCUT2D eigenvalue weighted by atomic mass is 16.5. The third-order valence-electron chi connectivity index (χ3n) is 7.16. The van der Waals surface area contributed by atoms with Gasteiger partial charge in [0.2, 0.25) is 5.91 Å². The van der Waals surface area contributed by atoms with Gasteiger partial charge in [-0.3, -0.25) is 9.59 Å². The number of nitrogens with one attached hydrogen (secondary N) is 1. The van der Waals surface area contributed by atoms with Gasteiger partial charge in [-0.05, 0) is 59.8 Å². The molecule has 186 valence electrons. The van der Waals surface area contributed by atoms with Crippen LogP contribution in [0.1, 0.15) is 56.1 Å². The summed E-state index contributed by atoms with van der Waals surface area (Å²) in [6, 6.07) is 16.5. The molecule has 1 saturated carbocycles. The predicted octanol–water partition coefficient (Wildman–Crippen LogP) is 4.65. The van der Waals surface area contributed by atoms with E-state index in [0.29, 0.717) is 32.0 Å². The lowest BCUT2D eigenvalue weighted by atomic mass is 9.98. The molecule has 0 aromatic heterocycles. The quantitative estimate of drug-likeness (QED) is 0.518. The van der Waals surface area contributed by atoms with Crippen molar-refractivity contribution < 1.29 is 24.2 Å². The molecule has 2 aliphatic rings. The van der Waals surface area contributed by atoms with Gasteiger partial charge in [-0.25, -0.2) is 4.79 Å². The Balaban J connectivity index is 1.22. The first kappa shape index (κ1) is 24.8. The number of rotatable bonds is 10. The molecule has 0 aliphatic heterocycles. The van der Waals surface area contributed by atoms with E-state index in [-0.39, 0.29) is 24.3 Å². The van der Waals surface area contributed by atoms with Gasteiger partial charge in [0.15, 0.2) is 0 Å². The average molecular weight is 479 g/mol. The lowest BCUT2D eigenvalue weighted by Crippen LogP contribution is -2.37. The maximum atomic E-state index is 12.6. The maximum Gasteiger partial charge on any atom is 0.407 e. The van der Waals surface area contributed by atoms with Gasteiger partial charge in [0.1, 0.15) is 13.2 Å². The molecule has 4 rings (SSSR count). The monoisotopic (exact) mass is 478 g/mol. The van der Waals surface area contributed by atoms with E-state index in [1.165, 1.54) is 27.2 Å². The predicted molar refractivity (Wildman–Crippen MR) is 133 cm³/mol. The lowest BCUT2D eigenvalue weighted by Gasteiger charge is -2.22. The number of hydrogen-bond acceptors (Lipinski definition) is 4. The van der Waals surface area contributed by atoms with Crippen LogP contribution in [0.25, 0.3) is 11.1 Å². The number of carboxylic acid groups (broad SMARTS) is 1. The molecule has 0 spiro atoms. The van der Waals surface area contributed by atoms with Crippen molar-refractivity contribution in [3.8, 4) is 11.1 Å². The molecule has 0 radical (unpaired) electrons. The summed E-state index contributed by atoms with van der Waals surface area (Å²) in [6.45, 7) is 2.97. The first-order valence-electron chi connectivity index (χ1n) is 12.5. The molecule has 7 nitrogen and oxygen atoms in total. The van der Waals surface area contributed by atoms with Crippen LogP contribution < -0.4 is 5.32 Å². The summed E-state index contributed by atoms with van der Waals surface area (Å²) in [7, 11) is 0. The van der Waals surface area contributed by atoms with E-state index in [1.54, 1.807) is 0 Å². The van der Waals surface area contributed by atoms with Crippen molar-refractivity contribution in [2.75, 3.05) is 26.2 Å².